The first-order chi connectivity index (χ1) is 14.4. The van der Waals surface area contributed by atoms with Crippen molar-refractivity contribution >= 4 is 27.0 Å². The predicted molar refractivity (Wildman–Crippen MR) is 121 cm³/mol. The van der Waals surface area contributed by atoms with Crippen LogP contribution in [0.5, 0.6) is 5.75 Å². The molecular weight excluding hydrogens is 416 g/mol. The summed E-state index contributed by atoms with van der Waals surface area (Å²) in [5.41, 5.74) is 4.11. The Morgan fingerprint density at radius 1 is 1.13 bits per heavy atom. The average Bonchev–Trinajstić information content (AvgIpc) is 3.42. The smallest absolute Gasteiger partial charge is 0.291 e. The minimum atomic E-state index is -3.77. The van der Waals surface area contributed by atoms with Crippen molar-refractivity contribution in [1.82, 2.24) is 4.98 Å². The third kappa shape index (κ3) is 4.37. The topological polar surface area (TPSA) is 59.5 Å². The van der Waals surface area contributed by atoms with Crippen molar-refractivity contribution in [3.05, 3.63) is 70.7 Å². The van der Waals surface area contributed by atoms with E-state index >= 15 is 0 Å². The highest BCUT2D eigenvalue weighted by Crippen LogP contribution is 2.39. The van der Waals surface area contributed by atoms with Gasteiger partial charge < -0.3 is 4.74 Å². The van der Waals surface area contributed by atoms with E-state index in [1.54, 1.807) is 5.38 Å². The lowest BCUT2D eigenvalue weighted by atomic mass is 10.1. The van der Waals surface area contributed by atoms with Crippen molar-refractivity contribution in [2.45, 2.75) is 44.1 Å². The van der Waals surface area contributed by atoms with E-state index in [0.29, 0.717) is 24.6 Å². The second kappa shape index (κ2) is 8.78. The number of benzene rings is 2. The first-order valence-corrected chi connectivity index (χ1v) is 12.5. The van der Waals surface area contributed by atoms with Crippen molar-refractivity contribution in [3.63, 3.8) is 0 Å². The van der Waals surface area contributed by atoms with E-state index in [2.05, 4.69) is 4.98 Å². The lowest BCUT2D eigenvalue weighted by Gasteiger charge is -2.27. The Bertz CT molecular complexity index is 1090. The van der Waals surface area contributed by atoms with E-state index in [4.69, 9.17) is 4.74 Å². The lowest BCUT2D eigenvalue weighted by molar-refractivity contribution is 0.306. The zero-order valence-corrected chi connectivity index (χ0v) is 18.9. The molecule has 0 radical (unpaired) electrons. The van der Waals surface area contributed by atoms with Gasteiger partial charge in [0.2, 0.25) is 4.34 Å². The van der Waals surface area contributed by atoms with Gasteiger partial charge in [0.1, 0.15) is 12.4 Å². The summed E-state index contributed by atoms with van der Waals surface area (Å²) in [6, 6.07) is 14.0. The fraction of sp³-hybridized carbons (Fsp3) is 0.348. The second-order valence-electron chi connectivity index (χ2n) is 7.94. The van der Waals surface area contributed by atoms with E-state index in [-0.39, 0.29) is 10.3 Å². The highest BCUT2D eigenvalue weighted by Gasteiger charge is 2.31. The number of nitrogens with zero attached hydrogens (tertiary/aromatic N) is 2. The third-order valence-electron chi connectivity index (χ3n) is 5.13. The summed E-state index contributed by atoms with van der Waals surface area (Å²) >= 11 is 1.14. The Kier molecular flexibility index (Phi) is 6.11. The molecule has 0 spiro atoms. The van der Waals surface area contributed by atoms with Crippen LogP contribution in [0.3, 0.4) is 0 Å². The van der Waals surface area contributed by atoms with Crippen molar-refractivity contribution in [1.29, 1.82) is 0 Å². The van der Waals surface area contributed by atoms with Crippen LogP contribution in [0.2, 0.25) is 0 Å². The van der Waals surface area contributed by atoms with Crippen LogP contribution in [0.1, 0.15) is 37.0 Å². The van der Waals surface area contributed by atoms with Gasteiger partial charge in [-0.05, 0) is 54.0 Å². The number of anilines is 1. The van der Waals surface area contributed by atoms with Gasteiger partial charge in [-0.3, -0.25) is 4.31 Å². The molecule has 0 N–H and O–H groups in total. The normalized spacial score (nSPS) is 13.4. The standard InChI is InChI=1S/C23H26N2O3S2/c1-17(2)15-25(30(26,27)23-24-11-12-29-23)21-13-19-9-6-10-20(19)14-22(21)28-16-18-7-4-3-5-8-18/h3-5,7-8,11-14,17H,6,9-10,15-16H2,1-2H3. The van der Waals surface area contributed by atoms with E-state index < -0.39 is 10.0 Å². The molecule has 0 atom stereocenters. The molecule has 0 unspecified atom stereocenters. The monoisotopic (exact) mass is 442 g/mol. The predicted octanol–water partition coefficient (Wildman–Crippen LogP) is 5.06. The molecule has 30 heavy (non-hydrogen) atoms. The third-order valence-corrected chi connectivity index (χ3v) is 8.09. The summed E-state index contributed by atoms with van der Waals surface area (Å²) < 4.78 is 34.7. The minimum absolute atomic E-state index is 0.109. The van der Waals surface area contributed by atoms with Crippen LogP contribution in [0.25, 0.3) is 0 Å². The lowest BCUT2D eigenvalue weighted by Crippen LogP contribution is -2.34. The van der Waals surface area contributed by atoms with E-state index in [9.17, 15) is 8.42 Å². The number of aryl methyl sites for hydroxylation is 2. The van der Waals surface area contributed by atoms with Crippen LogP contribution >= 0.6 is 11.3 Å². The molecule has 3 aromatic rings. The first-order valence-electron chi connectivity index (χ1n) is 10.2. The number of hydrogen-bond donors (Lipinski definition) is 0. The molecule has 5 nitrogen and oxygen atoms in total. The molecule has 1 aliphatic carbocycles. The molecule has 1 aromatic heterocycles. The van der Waals surface area contributed by atoms with Crippen LogP contribution in [-0.4, -0.2) is 19.9 Å². The van der Waals surface area contributed by atoms with Gasteiger partial charge in [0.15, 0.2) is 0 Å². The zero-order valence-electron chi connectivity index (χ0n) is 17.2. The number of ether oxygens (including phenoxy) is 1. The van der Waals surface area contributed by atoms with Gasteiger partial charge in [-0.25, -0.2) is 4.98 Å². The quantitative estimate of drug-likeness (QED) is 0.489. The second-order valence-corrected chi connectivity index (χ2v) is 10.9. The molecule has 0 bridgehead atoms. The van der Waals surface area contributed by atoms with Gasteiger partial charge in [0.05, 0.1) is 5.69 Å². The fourth-order valence-electron chi connectivity index (χ4n) is 3.72. The maximum Gasteiger partial charge on any atom is 0.291 e. The molecule has 0 amide bonds. The highest BCUT2D eigenvalue weighted by molar-refractivity contribution is 7.94. The molecule has 0 saturated carbocycles. The van der Waals surface area contributed by atoms with Crippen molar-refractivity contribution in [2.75, 3.05) is 10.8 Å². The first kappa shape index (κ1) is 20.9. The number of hydrogen-bond acceptors (Lipinski definition) is 5. The molecule has 0 aliphatic heterocycles. The maximum absolute atomic E-state index is 13.5. The van der Waals surface area contributed by atoms with Crippen LogP contribution in [-0.2, 0) is 29.5 Å². The van der Waals surface area contributed by atoms with Crippen molar-refractivity contribution in [2.24, 2.45) is 5.92 Å². The van der Waals surface area contributed by atoms with Crippen molar-refractivity contribution in [3.8, 4) is 5.75 Å². The molecular formula is C23H26N2O3S2. The summed E-state index contributed by atoms with van der Waals surface area (Å²) in [6.45, 7) is 4.78. The van der Waals surface area contributed by atoms with Crippen LogP contribution < -0.4 is 9.04 Å². The number of aromatic nitrogens is 1. The SMILES string of the molecule is CC(C)CN(c1cc2c(cc1OCc1ccccc1)CCC2)S(=O)(=O)c1nccs1. The largest absolute Gasteiger partial charge is 0.487 e. The average molecular weight is 443 g/mol. The summed E-state index contributed by atoms with van der Waals surface area (Å²) in [5, 5.41) is 1.69. The summed E-state index contributed by atoms with van der Waals surface area (Å²) in [4.78, 5) is 4.09. The maximum atomic E-state index is 13.5. The van der Waals surface area contributed by atoms with Crippen LogP contribution in [0, 0.1) is 5.92 Å². The number of fused-ring (bicyclic) bond motifs is 1. The summed E-state index contributed by atoms with van der Waals surface area (Å²) in [6.07, 6.45) is 4.58. The zero-order chi connectivity index (χ0) is 21.1. The van der Waals surface area contributed by atoms with Crippen LogP contribution in [0.4, 0.5) is 5.69 Å². The number of rotatable bonds is 8. The molecule has 1 heterocycles. The molecule has 2 aromatic carbocycles. The molecule has 158 valence electrons. The number of sulfonamides is 1. The Balaban J connectivity index is 1.77. The highest BCUT2D eigenvalue weighted by atomic mass is 32.2. The fourth-order valence-corrected chi connectivity index (χ4v) is 6.29. The Morgan fingerprint density at radius 3 is 2.53 bits per heavy atom. The Labute approximate surface area is 182 Å². The van der Waals surface area contributed by atoms with Gasteiger partial charge >= 0.3 is 0 Å². The summed E-state index contributed by atoms with van der Waals surface area (Å²) in [5.74, 6) is 0.759. The molecule has 0 fully saturated rings. The number of thiazole rings is 1. The Morgan fingerprint density at radius 2 is 1.87 bits per heavy atom. The van der Waals surface area contributed by atoms with Gasteiger partial charge in [0, 0.05) is 18.1 Å². The Hall–Kier alpha value is -2.38. The minimum Gasteiger partial charge on any atom is -0.487 e. The van der Waals surface area contributed by atoms with Gasteiger partial charge in [-0.1, -0.05) is 44.2 Å². The van der Waals surface area contributed by atoms with Gasteiger partial charge in [-0.2, -0.15) is 8.42 Å². The van der Waals surface area contributed by atoms with Crippen molar-refractivity contribution < 1.29 is 13.2 Å². The van der Waals surface area contributed by atoms with Gasteiger partial charge in [0.25, 0.3) is 10.0 Å². The summed E-state index contributed by atoms with van der Waals surface area (Å²) in [7, 11) is -3.77. The van der Waals surface area contributed by atoms with Crippen LogP contribution in [0.15, 0.2) is 58.4 Å². The molecule has 4 rings (SSSR count). The molecule has 7 heteroatoms. The van der Waals surface area contributed by atoms with Gasteiger partial charge in [-0.15, -0.1) is 11.3 Å². The van der Waals surface area contributed by atoms with E-state index in [1.165, 1.54) is 21.6 Å². The molecule has 1 aliphatic rings. The molecule has 0 saturated heterocycles. The van der Waals surface area contributed by atoms with E-state index in [1.807, 2.05) is 56.3 Å². The van der Waals surface area contributed by atoms with E-state index in [0.717, 1.165) is 36.2 Å².